The van der Waals surface area contributed by atoms with Gasteiger partial charge in [0, 0.05) is 11.1 Å². The minimum absolute atomic E-state index is 0.0422. The summed E-state index contributed by atoms with van der Waals surface area (Å²) in [5, 5.41) is 4.40. The number of aromatic nitrogens is 2. The van der Waals surface area contributed by atoms with E-state index in [4.69, 9.17) is 4.74 Å². The van der Waals surface area contributed by atoms with Crippen molar-refractivity contribution in [3.8, 4) is 21.0 Å². The lowest BCUT2D eigenvalue weighted by Gasteiger charge is -2.06. The van der Waals surface area contributed by atoms with Crippen LogP contribution < -0.4 is 0 Å². The van der Waals surface area contributed by atoms with Crippen LogP contribution in [-0.4, -0.2) is 42.6 Å². The molecule has 28 heavy (non-hydrogen) atoms. The minimum atomic E-state index is -3.27. The highest BCUT2D eigenvalue weighted by atomic mass is 32.2. The summed E-state index contributed by atoms with van der Waals surface area (Å²) in [6.07, 6.45) is 3.06. The lowest BCUT2D eigenvalue weighted by atomic mass is 10.2. The van der Waals surface area contributed by atoms with Gasteiger partial charge in [0.1, 0.15) is 12.5 Å². The van der Waals surface area contributed by atoms with E-state index in [1.165, 1.54) is 29.4 Å². The monoisotopic (exact) mass is 436 g/mol. The first-order valence-corrected chi connectivity index (χ1v) is 12.5. The van der Waals surface area contributed by atoms with E-state index in [2.05, 4.69) is 5.10 Å². The summed E-state index contributed by atoms with van der Waals surface area (Å²) in [6, 6.07) is 12.7. The van der Waals surface area contributed by atoms with Crippen LogP contribution in [0.1, 0.15) is 5.69 Å². The molecule has 1 aromatic carbocycles. The van der Waals surface area contributed by atoms with Crippen LogP contribution in [0.2, 0.25) is 0 Å². The van der Waals surface area contributed by atoms with Gasteiger partial charge in [-0.1, -0.05) is 12.1 Å². The third kappa shape index (κ3) is 4.84. The highest BCUT2D eigenvalue weighted by molar-refractivity contribution is 7.98. The number of hydrogen-bond acceptors (Lipinski definition) is 7. The SMILES string of the molecule is CSCOC(=O)Cn1nc(C)cc1-c1ccc(-c2cccc(S(C)(=O)=O)c2)s1. The van der Waals surface area contributed by atoms with Crippen LogP contribution in [0.3, 0.4) is 0 Å². The molecular formula is C19H20N2O4S3. The maximum Gasteiger partial charge on any atom is 0.328 e. The fourth-order valence-corrected chi connectivity index (χ4v) is 4.61. The summed E-state index contributed by atoms with van der Waals surface area (Å²) in [6.45, 7) is 1.91. The highest BCUT2D eigenvalue weighted by Gasteiger charge is 2.15. The number of esters is 1. The molecule has 3 rings (SSSR count). The van der Waals surface area contributed by atoms with Gasteiger partial charge in [-0.25, -0.2) is 8.42 Å². The summed E-state index contributed by atoms with van der Waals surface area (Å²) in [7, 11) is -3.27. The molecular weight excluding hydrogens is 416 g/mol. The van der Waals surface area contributed by atoms with Crippen molar-refractivity contribution in [2.24, 2.45) is 0 Å². The summed E-state index contributed by atoms with van der Waals surface area (Å²) in [5.41, 5.74) is 2.47. The third-order valence-electron chi connectivity index (χ3n) is 3.92. The zero-order valence-corrected chi connectivity index (χ0v) is 18.2. The predicted molar refractivity (Wildman–Crippen MR) is 113 cm³/mol. The Morgan fingerprint density at radius 1 is 1.21 bits per heavy atom. The second kappa shape index (κ2) is 8.50. The maximum absolute atomic E-state index is 12.0. The van der Waals surface area contributed by atoms with Crippen molar-refractivity contribution < 1.29 is 17.9 Å². The molecule has 0 aliphatic carbocycles. The van der Waals surface area contributed by atoms with Gasteiger partial charge in [0.25, 0.3) is 0 Å². The van der Waals surface area contributed by atoms with Crippen LogP contribution in [0, 0.1) is 6.92 Å². The summed E-state index contributed by atoms with van der Waals surface area (Å²) in [5.74, 6) is -0.0230. The molecule has 3 aromatic rings. The van der Waals surface area contributed by atoms with Crippen molar-refractivity contribution in [2.45, 2.75) is 18.4 Å². The van der Waals surface area contributed by atoms with E-state index < -0.39 is 9.84 Å². The molecule has 2 aromatic heterocycles. The highest BCUT2D eigenvalue weighted by Crippen LogP contribution is 2.35. The number of rotatable bonds is 7. The van der Waals surface area contributed by atoms with Gasteiger partial charge in [-0.3, -0.25) is 9.48 Å². The smallest absolute Gasteiger partial charge is 0.328 e. The maximum atomic E-state index is 12.0. The van der Waals surface area contributed by atoms with Crippen molar-refractivity contribution in [2.75, 3.05) is 18.5 Å². The number of hydrogen-bond donors (Lipinski definition) is 0. The Balaban J connectivity index is 1.90. The van der Waals surface area contributed by atoms with Crippen molar-refractivity contribution in [3.05, 3.63) is 48.2 Å². The van der Waals surface area contributed by atoms with Gasteiger partial charge in [-0.15, -0.1) is 23.1 Å². The fraction of sp³-hybridized carbons (Fsp3) is 0.263. The number of thiophene rings is 1. The van der Waals surface area contributed by atoms with Crippen molar-refractivity contribution in [1.29, 1.82) is 0 Å². The van der Waals surface area contributed by atoms with Gasteiger partial charge < -0.3 is 4.74 Å². The van der Waals surface area contributed by atoms with Crippen molar-refractivity contribution in [3.63, 3.8) is 0 Å². The zero-order chi connectivity index (χ0) is 20.3. The molecule has 9 heteroatoms. The molecule has 0 atom stereocenters. The number of carbonyl (C=O) groups is 1. The average molecular weight is 437 g/mol. The molecule has 0 bridgehead atoms. The second-order valence-corrected chi connectivity index (χ2v) is 10.1. The van der Waals surface area contributed by atoms with Crippen LogP contribution in [0.25, 0.3) is 21.0 Å². The quantitative estimate of drug-likeness (QED) is 0.413. The van der Waals surface area contributed by atoms with E-state index in [-0.39, 0.29) is 17.4 Å². The Morgan fingerprint density at radius 3 is 2.68 bits per heavy atom. The molecule has 0 amide bonds. The average Bonchev–Trinajstić information content (AvgIpc) is 3.26. The molecule has 0 aliphatic heterocycles. The third-order valence-corrected chi connectivity index (χ3v) is 6.54. The van der Waals surface area contributed by atoms with Crippen LogP contribution >= 0.6 is 23.1 Å². The zero-order valence-electron chi connectivity index (χ0n) is 15.7. The van der Waals surface area contributed by atoms with Gasteiger partial charge in [0.05, 0.1) is 21.2 Å². The van der Waals surface area contributed by atoms with Gasteiger partial charge in [0.15, 0.2) is 9.84 Å². The summed E-state index contributed by atoms with van der Waals surface area (Å²) >= 11 is 2.96. The van der Waals surface area contributed by atoms with E-state index in [0.29, 0.717) is 5.94 Å². The fourth-order valence-electron chi connectivity index (χ4n) is 2.67. The van der Waals surface area contributed by atoms with Gasteiger partial charge in [0.2, 0.25) is 0 Å². The Hall–Kier alpha value is -2.10. The second-order valence-electron chi connectivity index (χ2n) is 6.22. The molecule has 0 aliphatic rings. The first kappa shape index (κ1) is 20.6. The molecule has 0 saturated heterocycles. The number of carbonyl (C=O) groups excluding carboxylic acids is 1. The first-order valence-electron chi connectivity index (χ1n) is 8.37. The molecule has 2 heterocycles. The normalized spacial score (nSPS) is 11.5. The minimum Gasteiger partial charge on any atom is -0.453 e. The lowest BCUT2D eigenvalue weighted by molar-refractivity contribution is -0.142. The van der Waals surface area contributed by atoms with Gasteiger partial charge >= 0.3 is 5.97 Å². The van der Waals surface area contributed by atoms with E-state index in [9.17, 15) is 13.2 Å². The molecule has 0 saturated carbocycles. The van der Waals surface area contributed by atoms with E-state index >= 15 is 0 Å². The first-order chi connectivity index (χ1) is 13.3. The Bertz CT molecular complexity index is 1100. The van der Waals surface area contributed by atoms with Gasteiger partial charge in [-0.2, -0.15) is 5.10 Å². The molecule has 0 spiro atoms. The van der Waals surface area contributed by atoms with Crippen molar-refractivity contribution >= 4 is 38.9 Å². The number of thioether (sulfide) groups is 1. The Morgan fingerprint density at radius 2 is 1.96 bits per heavy atom. The number of benzene rings is 1. The number of nitrogens with zero attached hydrogens (tertiary/aromatic N) is 2. The number of sulfone groups is 1. The molecule has 6 nitrogen and oxygen atoms in total. The summed E-state index contributed by atoms with van der Waals surface area (Å²) in [4.78, 5) is 14.1. The van der Waals surface area contributed by atoms with E-state index in [1.54, 1.807) is 22.9 Å². The molecule has 148 valence electrons. The molecule has 0 N–H and O–H groups in total. The summed E-state index contributed by atoms with van der Waals surface area (Å²) < 4.78 is 30.4. The molecule has 0 radical (unpaired) electrons. The largest absolute Gasteiger partial charge is 0.453 e. The van der Waals surface area contributed by atoms with E-state index in [0.717, 1.165) is 26.7 Å². The molecule has 0 fully saturated rings. The van der Waals surface area contributed by atoms with E-state index in [1.807, 2.05) is 37.4 Å². The molecule has 0 unspecified atom stereocenters. The Labute approximate surface area is 172 Å². The standard InChI is InChI=1S/C19H20N2O4S3/c1-13-9-16(21(20-13)11-19(22)25-12-26-2)18-8-7-17(27-18)14-5-4-6-15(10-14)28(3,23)24/h4-10H,11-12H2,1-3H3. The Kier molecular flexibility index (Phi) is 6.26. The van der Waals surface area contributed by atoms with Crippen LogP contribution in [0.4, 0.5) is 0 Å². The van der Waals surface area contributed by atoms with Crippen LogP contribution in [0.15, 0.2) is 47.4 Å². The topological polar surface area (TPSA) is 78.3 Å². The number of ether oxygens (including phenoxy) is 1. The van der Waals surface area contributed by atoms with Crippen LogP contribution in [-0.2, 0) is 25.9 Å². The van der Waals surface area contributed by atoms with Gasteiger partial charge in [-0.05, 0) is 49.1 Å². The van der Waals surface area contributed by atoms with Crippen molar-refractivity contribution in [1.82, 2.24) is 9.78 Å². The lowest BCUT2D eigenvalue weighted by Crippen LogP contribution is -2.15. The number of aryl methyl sites for hydroxylation is 1. The van der Waals surface area contributed by atoms with Crippen LogP contribution in [0.5, 0.6) is 0 Å². The predicted octanol–water partition coefficient (Wildman–Crippen LogP) is 3.85.